The zero-order chi connectivity index (χ0) is 13.9. The van der Waals surface area contributed by atoms with Crippen molar-refractivity contribution in [2.45, 2.75) is 38.3 Å². The molecule has 0 atom stereocenters. The SMILES string of the molecule is O=C(NN=C1CCCCC1)c1cc(C(F)(F)F)[nH]n1. The van der Waals surface area contributed by atoms with Crippen LogP contribution in [0.25, 0.3) is 0 Å². The second-order valence-corrected chi connectivity index (χ2v) is 4.34. The van der Waals surface area contributed by atoms with Crippen LogP contribution in [0.4, 0.5) is 13.2 Å². The van der Waals surface area contributed by atoms with E-state index in [-0.39, 0.29) is 5.69 Å². The Morgan fingerprint density at radius 2 is 2.00 bits per heavy atom. The van der Waals surface area contributed by atoms with E-state index in [1.54, 1.807) is 5.10 Å². The van der Waals surface area contributed by atoms with E-state index < -0.39 is 17.8 Å². The van der Waals surface area contributed by atoms with E-state index in [2.05, 4.69) is 15.6 Å². The monoisotopic (exact) mass is 274 g/mol. The first-order valence-electron chi connectivity index (χ1n) is 5.95. The number of H-pyrrole nitrogens is 1. The molecule has 0 radical (unpaired) electrons. The van der Waals surface area contributed by atoms with Crippen LogP contribution in [0.15, 0.2) is 11.2 Å². The zero-order valence-electron chi connectivity index (χ0n) is 10.0. The highest BCUT2D eigenvalue weighted by molar-refractivity contribution is 5.94. The fraction of sp³-hybridized carbons (Fsp3) is 0.545. The highest BCUT2D eigenvalue weighted by Crippen LogP contribution is 2.27. The molecule has 1 aliphatic rings. The van der Waals surface area contributed by atoms with E-state index in [4.69, 9.17) is 0 Å². The van der Waals surface area contributed by atoms with Gasteiger partial charge in [0.15, 0.2) is 5.69 Å². The van der Waals surface area contributed by atoms with Gasteiger partial charge in [-0.1, -0.05) is 6.42 Å². The second kappa shape index (κ2) is 5.41. The van der Waals surface area contributed by atoms with Crippen LogP contribution in [-0.4, -0.2) is 21.8 Å². The number of aromatic nitrogens is 2. The molecule has 0 unspecified atom stereocenters. The summed E-state index contributed by atoms with van der Waals surface area (Å²) >= 11 is 0. The van der Waals surface area contributed by atoms with Crippen molar-refractivity contribution < 1.29 is 18.0 Å². The molecule has 1 fully saturated rings. The minimum Gasteiger partial charge on any atom is -0.273 e. The summed E-state index contributed by atoms with van der Waals surface area (Å²) in [6.07, 6.45) is 0.274. The first kappa shape index (κ1) is 13.6. The Morgan fingerprint density at radius 1 is 1.32 bits per heavy atom. The van der Waals surface area contributed by atoms with Crippen LogP contribution in [0, 0.1) is 0 Å². The van der Waals surface area contributed by atoms with Gasteiger partial charge in [-0.15, -0.1) is 0 Å². The summed E-state index contributed by atoms with van der Waals surface area (Å²) in [5.41, 5.74) is 1.72. The van der Waals surface area contributed by atoms with Crippen molar-refractivity contribution in [1.82, 2.24) is 15.6 Å². The molecule has 1 saturated carbocycles. The predicted octanol–water partition coefficient (Wildman–Crippen LogP) is 2.48. The lowest BCUT2D eigenvalue weighted by Gasteiger charge is -2.11. The Kier molecular flexibility index (Phi) is 3.87. The fourth-order valence-corrected chi connectivity index (χ4v) is 1.84. The average Bonchev–Trinajstić information content (AvgIpc) is 2.87. The van der Waals surface area contributed by atoms with E-state index in [1.165, 1.54) is 0 Å². The van der Waals surface area contributed by atoms with Gasteiger partial charge in [-0.05, 0) is 25.7 Å². The molecular formula is C11H13F3N4O. The predicted molar refractivity (Wildman–Crippen MR) is 61.6 cm³/mol. The number of amides is 1. The molecular weight excluding hydrogens is 261 g/mol. The summed E-state index contributed by atoms with van der Waals surface area (Å²) < 4.78 is 36.9. The molecule has 2 N–H and O–H groups in total. The molecule has 2 rings (SSSR count). The smallest absolute Gasteiger partial charge is 0.273 e. The van der Waals surface area contributed by atoms with Crippen LogP contribution < -0.4 is 5.43 Å². The summed E-state index contributed by atoms with van der Waals surface area (Å²) in [6.45, 7) is 0. The molecule has 1 aromatic heterocycles. The van der Waals surface area contributed by atoms with Crippen molar-refractivity contribution in [3.8, 4) is 0 Å². The number of hydrazone groups is 1. The van der Waals surface area contributed by atoms with Crippen molar-refractivity contribution >= 4 is 11.6 Å². The average molecular weight is 274 g/mol. The van der Waals surface area contributed by atoms with E-state index in [0.717, 1.165) is 37.8 Å². The Hall–Kier alpha value is -1.86. The molecule has 0 aromatic carbocycles. The Bertz CT molecular complexity index is 484. The number of nitrogens with zero attached hydrogens (tertiary/aromatic N) is 2. The molecule has 1 amide bonds. The molecule has 0 bridgehead atoms. The van der Waals surface area contributed by atoms with Crippen molar-refractivity contribution in [3.63, 3.8) is 0 Å². The maximum absolute atomic E-state index is 12.3. The van der Waals surface area contributed by atoms with Gasteiger partial charge in [0.1, 0.15) is 5.69 Å². The number of halogens is 3. The van der Waals surface area contributed by atoms with E-state index in [0.29, 0.717) is 6.07 Å². The minimum atomic E-state index is -4.54. The van der Waals surface area contributed by atoms with Gasteiger partial charge in [0.05, 0.1) is 0 Å². The standard InChI is InChI=1S/C11H13F3N4O/c12-11(13,14)9-6-8(16-17-9)10(19)18-15-7-4-2-1-3-5-7/h6H,1-5H2,(H,16,17)(H,18,19). The Labute approximate surface area is 107 Å². The Morgan fingerprint density at radius 3 is 2.58 bits per heavy atom. The van der Waals surface area contributed by atoms with Crippen molar-refractivity contribution in [3.05, 3.63) is 17.5 Å². The lowest BCUT2D eigenvalue weighted by atomic mass is 9.99. The quantitative estimate of drug-likeness (QED) is 0.813. The third-order valence-electron chi connectivity index (χ3n) is 2.86. The molecule has 19 heavy (non-hydrogen) atoms. The lowest BCUT2D eigenvalue weighted by molar-refractivity contribution is -0.141. The molecule has 0 saturated heterocycles. The first-order chi connectivity index (χ1) is 8.97. The van der Waals surface area contributed by atoms with Crippen LogP contribution in [0.1, 0.15) is 48.3 Å². The van der Waals surface area contributed by atoms with E-state index >= 15 is 0 Å². The first-order valence-corrected chi connectivity index (χ1v) is 5.95. The molecule has 1 aliphatic carbocycles. The number of hydrogen-bond donors (Lipinski definition) is 2. The van der Waals surface area contributed by atoms with Crippen molar-refractivity contribution in [2.75, 3.05) is 0 Å². The lowest BCUT2D eigenvalue weighted by Crippen LogP contribution is -2.21. The van der Waals surface area contributed by atoms with E-state index in [1.807, 2.05) is 0 Å². The van der Waals surface area contributed by atoms with Gasteiger partial charge >= 0.3 is 6.18 Å². The number of aromatic amines is 1. The molecule has 8 heteroatoms. The van der Waals surface area contributed by atoms with Crippen LogP contribution in [0.5, 0.6) is 0 Å². The van der Waals surface area contributed by atoms with Crippen LogP contribution >= 0.6 is 0 Å². The van der Waals surface area contributed by atoms with Gasteiger partial charge < -0.3 is 0 Å². The minimum absolute atomic E-state index is 0.326. The van der Waals surface area contributed by atoms with Gasteiger partial charge in [-0.25, -0.2) is 5.43 Å². The maximum Gasteiger partial charge on any atom is 0.432 e. The van der Waals surface area contributed by atoms with Gasteiger partial charge in [-0.3, -0.25) is 9.89 Å². The number of carbonyl (C=O) groups excluding carboxylic acids is 1. The maximum atomic E-state index is 12.3. The molecule has 1 heterocycles. The summed E-state index contributed by atoms with van der Waals surface area (Å²) in [7, 11) is 0. The number of nitrogens with one attached hydrogen (secondary N) is 2. The van der Waals surface area contributed by atoms with Crippen LogP contribution in [0.2, 0.25) is 0 Å². The molecule has 1 aromatic rings. The van der Waals surface area contributed by atoms with Gasteiger partial charge in [0.2, 0.25) is 0 Å². The third-order valence-corrected chi connectivity index (χ3v) is 2.86. The zero-order valence-corrected chi connectivity index (χ0v) is 10.0. The third kappa shape index (κ3) is 3.55. The summed E-state index contributed by atoms with van der Waals surface area (Å²) in [5, 5.41) is 9.01. The van der Waals surface area contributed by atoms with Crippen LogP contribution in [0.3, 0.4) is 0 Å². The highest BCUT2D eigenvalue weighted by atomic mass is 19.4. The van der Waals surface area contributed by atoms with Crippen molar-refractivity contribution in [1.29, 1.82) is 0 Å². The van der Waals surface area contributed by atoms with Crippen LogP contribution in [-0.2, 0) is 6.18 Å². The molecule has 104 valence electrons. The highest BCUT2D eigenvalue weighted by Gasteiger charge is 2.33. The van der Waals surface area contributed by atoms with Gasteiger partial charge in [0, 0.05) is 11.8 Å². The number of hydrogen-bond acceptors (Lipinski definition) is 3. The van der Waals surface area contributed by atoms with Crippen molar-refractivity contribution in [2.24, 2.45) is 5.10 Å². The van der Waals surface area contributed by atoms with E-state index in [9.17, 15) is 18.0 Å². The normalized spacial score (nSPS) is 16.3. The summed E-state index contributed by atoms with van der Waals surface area (Å²) in [6, 6.07) is 0.663. The number of rotatable bonds is 2. The van der Waals surface area contributed by atoms with Gasteiger partial charge in [-0.2, -0.15) is 23.4 Å². The largest absolute Gasteiger partial charge is 0.432 e. The number of carbonyl (C=O) groups is 1. The molecule has 0 spiro atoms. The second-order valence-electron chi connectivity index (χ2n) is 4.34. The summed E-state index contributed by atoms with van der Waals surface area (Å²) in [4.78, 5) is 11.6. The molecule has 0 aliphatic heterocycles. The summed E-state index contributed by atoms with van der Waals surface area (Å²) in [5.74, 6) is -0.746. The molecule has 5 nitrogen and oxygen atoms in total. The number of alkyl halides is 3. The van der Waals surface area contributed by atoms with Gasteiger partial charge in [0.25, 0.3) is 5.91 Å². The Balaban J connectivity index is 1.98. The topological polar surface area (TPSA) is 70.1 Å². The fourth-order valence-electron chi connectivity index (χ4n) is 1.84.